The second-order valence-corrected chi connectivity index (χ2v) is 4.67. The van der Waals surface area contributed by atoms with Gasteiger partial charge in [0.1, 0.15) is 5.01 Å². The van der Waals surface area contributed by atoms with E-state index in [9.17, 15) is 8.78 Å². The van der Waals surface area contributed by atoms with Crippen LogP contribution in [0.5, 0.6) is 0 Å². The van der Waals surface area contributed by atoms with Crippen LogP contribution in [0.2, 0.25) is 0 Å². The lowest BCUT2D eigenvalue weighted by atomic mass is 10.2. The Hall–Kier alpha value is -0.810. The quantitative estimate of drug-likeness (QED) is 0.719. The van der Waals surface area contributed by atoms with Gasteiger partial charge in [0.25, 0.3) is 0 Å². The van der Waals surface area contributed by atoms with E-state index in [4.69, 9.17) is 0 Å². The zero-order valence-electron chi connectivity index (χ0n) is 7.72. The molecule has 0 saturated heterocycles. The van der Waals surface area contributed by atoms with Crippen molar-refractivity contribution in [2.45, 2.75) is 6.92 Å². The van der Waals surface area contributed by atoms with Gasteiger partial charge in [0.15, 0.2) is 11.6 Å². The predicted molar refractivity (Wildman–Crippen MR) is 59.9 cm³/mol. The molecule has 0 atom stereocenters. The van der Waals surface area contributed by atoms with Crippen LogP contribution in [0.4, 0.5) is 8.78 Å². The molecule has 0 amide bonds. The van der Waals surface area contributed by atoms with E-state index in [1.807, 2.05) is 12.3 Å². The van der Waals surface area contributed by atoms with Crippen LogP contribution in [0.1, 0.15) is 5.69 Å². The Kier molecular flexibility index (Phi) is 2.84. The van der Waals surface area contributed by atoms with E-state index in [-0.39, 0.29) is 4.47 Å². The van der Waals surface area contributed by atoms with E-state index in [0.29, 0.717) is 10.6 Å². The maximum atomic E-state index is 13.2. The number of hydrogen-bond donors (Lipinski definition) is 0. The fourth-order valence-corrected chi connectivity index (χ4v) is 2.64. The van der Waals surface area contributed by atoms with Gasteiger partial charge in [-0.3, -0.25) is 0 Å². The Morgan fingerprint density at radius 2 is 2.07 bits per heavy atom. The van der Waals surface area contributed by atoms with Crippen molar-refractivity contribution in [1.82, 2.24) is 4.98 Å². The largest absolute Gasteiger partial charge is 0.241 e. The van der Waals surface area contributed by atoms with E-state index in [0.717, 1.165) is 11.8 Å². The van der Waals surface area contributed by atoms with Crippen LogP contribution in [-0.4, -0.2) is 4.98 Å². The molecule has 0 aliphatic heterocycles. The SMILES string of the molecule is Cc1csc(-c2ccc(F)c(F)c2Br)n1. The third-order valence-electron chi connectivity index (χ3n) is 1.88. The van der Waals surface area contributed by atoms with Crippen molar-refractivity contribution in [3.05, 3.63) is 39.3 Å². The highest BCUT2D eigenvalue weighted by molar-refractivity contribution is 9.10. The van der Waals surface area contributed by atoms with E-state index in [1.165, 1.54) is 17.4 Å². The molecule has 0 unspecified atom stereocenters. The molecule has 1 heterocycles. The molecule has 0 aliphatic rings. The topological polar surface area (TPSA) is 12.9 Å². The molecule has 0 aliphatic carbocycles. The van der Waals surface area contributed by atoms with Crippen molar-refractivity contribution < 1.29 is 8.78 Å². The molecule has 0 bridgehead atoms. The summed E-state index contributed by atoms with van der Waals surface area (Å²) >= 11 is 4.43. The summed E-state index contributed by atoms with van der Waals surface area (Å²) in [5.41, 5.74) is 1.44. The monoisotopic (exact) mass is 289 g/mol. The second-order valence-electron chi connectivity index (χ2n) is 3.02. The van der Waals surface area contributed by atoms with Crippen LogP contribution in [0.25, 0.3) is 10.6 Å². The standard InChI is InChI=1S/C10H6BrF2NS/c1-5-4-15-10(14-5)6-2-3-7(12)9(13)8(6)11/h2-4H,1H3. The minimum atomic E-state index is -0.875. The van der Waals surface area contributed by atoms with Gasteiger partial charge in [0.05, 0.1) is 4.47 Å². The maximum Gasteiger partial charge on any atom is 0.173 e. The number of nitrogens with zero attached hydrogens (tertiary/aromatic N) is 1. The number of rotatable bonds is 1. The first-order valence-corrected chi connectivity index (χ1v) is 5.83. The second kappa shape index (κ2) is 3.98. The summed E-state index contributed by atoms with van der Waals surface area (Å²) in [7, 11) is 0. The summed E-state index contributed by atoms with van der Waals surface area (Å²) in [6.45, 7) is 1.85. The van der Waals surface area contributed by atoms with Gasteiger partial charge in [-0.15, -0.1) is 11.3 Å². The predicted octanol–water partition coefficient (Wildman–Crippen LogP) is 4.16. The number of hydrogen-bond acceptors (Lipinski definition) is 2. The van der Waals surface area contributed by atoms with Crippen molar-refractivity contribution in [1.29, 1.82) is 0 Å². The number of aryl methyl sites for hydroxylation is 1. The number of halogens is 3. The lowest BCUT2D eigenvalue weighted by Crippen LogP contribution is -1.88. The first-order valence-electron chi connectivity index (χ1n) is 4.15. The lowest BCUT2D eigenvalue weighted by molar-refractivity contribution is 0.505. The molecule has 1 aromatic heterocycles. The van der Waals surface area contributed by atoms with Crippen molar-refractivity contribution in [3.63, 3.8) is 0 Å². The molecule has 0 radical (unpaired) electrons. The van der Waals surface area contributed by atoms with Crippen LogP contribution in [0.15, 0.2) is 22.0 Å². The molecule has 78 valence electrons. The fourth-order valence-electron chi connectivity index (χ4n) is 1.17. The molecule has 15 heavy (non-hydrogen) atoms. The van der Waals surface area contributed by atoms with Gasteiger partial charge < -0.3 is 0 Å². The molecule has 2 rings (SSSR count). The Bertz CT molecular complexity index is 510. The smallest absolute Gasteiger partial charge is 0.173 e. The Morgan fingerprint density at radius 3 is 2.67 bits per heavy atom. The van der Waals surface area contributed by atoms with Gasteiger partial charge >= 0.3 is 0 Å². The van der Waals surface area contributed by atoms with Gasteiger partial charge in [-0.2, -0.15) is 0 Å². The summed E-state index contributed by atoms with van der Waals surface area (Å²) in [6.07, 6.45) is 0. The zero-order valence-corrected chi connectivity index (χ0v) is 10.1. The molecule has 0 saturated carbocycles. The minimum Gasteiger partial charge on any atom is -0.241 e. The van der Waals surface area contributed by atoms with Crippen LogP contribution < -0.4 is 0 Å². The summed E-state index contributed by atoms with van der Waals surface area (Å²) in [5, 5.41) is 2.54. The summed E-state index contributed by atoms with van der Waals surface area (Å²) in [5.74, 6) is -1.74. The van der Waals surface area contributed by atoms with Crippen molar-refractivity contribution in [3.8, 4) is 10.6 Å². The van der Waals surface area contributed by atoms with Crippen molar-refractivity contribution in [2.24, 2.45) is 0 Å². The third-order valence-corrected chi connectivity index (χ3v) is 3.65. The highest BCUT2D eigenvalue weighted by Crippen LogP contribution is 2.33. The van der Waals surface area contributed by atoms with Crippen molar-refractivity contribution >= 4 is 27.3 Å². The molecular weight excluding hydrogens is 284 g/mol. The van der Waals surface area contributed by atoms with E-state index in [2.05, 4.69) is 20.9 Å². The number of thiazole rings is 1. The number of aromatic nitrogens is 1. The normalized spacial score (nSPS) is 10.7. The first kappa shape index (κ1) is 10.7. The Balaban J connectivity index is 2.59. The van der Waals surface area contributed by atoms with Gasteiger partial charge in [0.2, 0.25) is 0 Å². The average Bonchev–Trinajstić information content (AvgIpc) is 2.61. The molecular formula is C10H6BrF2NS. The molecule has 0 spiro atoms. The molecule has 2 aromatic rings. The Labute approximate surface area is 97.9 Å². The van der Waals surface area contributed by atoms with Gasteiger partial charge in [-0.25, -0.2) is 13.8 Å². The summed E-state index contributed by atoms with van der Waals surface area (Å²) < 4.78 is 26.2. The summed E-state index contributed by atoms with van der Waals surface area (Å²) in [4.78, 5) is 4.21. The van der Waals surface area contributed by atoms with Gasteiger partial charge in [-0.1, -0.05) is 0 Å². The number of benzene rings is 1. The molecule has 0 fully saturated rings. The van der Waals surface area contributed by atoms with Gasteiger partial charge in [0, 0.05) is 16.6 Å². The van der Waals surface area contributed by atoms with Gasteiger partial charge in [-0.05, 0) is 35.0 Å². The highest BCUT2D eigenvalue weighted by atomic mass is 79.9. The minimum absolute atomic E-state index is 0.122. The van der Waals surface area contributed by atoms with Crippen LogP contribution >= 0.6 is 27.3 Å². The Morgan fingerprint density at radius 1 is 1.33 bits per heavy atom. The fraction of sp³-hybridized carbons (Fsp3) is 0.100. The molecule has 1 nitrogen and oxygen atoms in total. The van der Waals surface area contributed by atoms with Crippen molar-refractivity contribution in [2.75, 3.05) is 0 Å². The molecule has 5 heteroatoms. The zero-order chi connectivity index (χ0) is 11.0. The molecule has 0 N–H and O–H groups in total. The third kappa shape index (κ3) is 1.94. The van der Waals surface area contributed by atoms with E-state index >= 15 is 0 Å². The molecule has 1 aromatic carbocycles. The van der Waals surface area contributed by atoms with Crippen LogP contribution in [-0.2, 0) is 0 Å². The highest BCUT2D eigenvalue weighted by Gasteiger charge is 2.14. The lowest BCUT2D eigenvalue weighted by Gasteiger charge is -2.02. The van der Waals surface area contributed by atoms with Crippen LogP contribution in [0.3, 0.4) is 0 Å². The maximum absolute atomic E-state index is 13.2. The summed E-state index contributed by atoms with van der Waals surface area (Å²) in [6, 6.07) is 2.62. The van der Waals surface area contributed by atoms with E-state index in [1.54, 1.807) is 0 Å². The van der Waals surface area contributed by atoms with Crippen LogP contribution in [0, 0.1) is 18.6 Å². The average molecular weight is 290 g/mol. The van der Waals surface area contributed by atoms with E-state index < -0.39 is 11.6 Å². The first-order chi connectivity index (χ1) is 7.09.